The van der Waals surface area contributed by atoms with Gasteiger partial charge in [-0.05, 0) is 42.2 Å². The van der Waals surface area contributed by atoms with Gasteiger partial charge < -0.3 is 9.47 Å². The summed E-state index contributed by atoms with van der Waals surface area (Å²) in [6.07, 6.45) is 0.721. The fourth-order valence-corrected chi connectivity index (χ4v) is 2.39. The number of hydrogen-bond donors (Lipinski definition) is 2. The van der Waals surface area contributed by atoms with Gasteiger partial charge in [-0.15, -0.1) is 0 Å². The zero-order valence-electron chi connectivity index (χ0n) is 16.3. The zero-order chi connectivity index (χ0) is 20.5. The molecule has 2 N–H and O–H groups in total. The molecule has 28 heavy (non-hydrogen) atoms. The smallest absolute Gasteiger partial charge is 0.269 e. The summed E-state index contributed by atoms with van der Waals surface area (Å²) in [5.74, 6) is -0.0314. The first-order chi connectivity index (χ1) is 13.4. The van der Waals surface area contributed by atoms with Crippen molar-refractivity contribution >= 4 is 11.8 Å². The van der Waals surface area contributed by atoms with E-state index in [1.807, 2.05) is 0 Å². The molecular weight excluding hydrogens is 363 g/mol. The van der Waals surface area contributed by atoms with Gasteiger partial charge in [0.05, 0.1) is 20.1 Å². The molecule has 7 heteroatoms. The van der Waals surface area contributed by atoms with Gasteiger partial charge in [-0.3, -0.25) is 20.4 Å². The molecule has 0 spiro atoms. The Kier molecular flexibility index (Phi) is 7.80. The number of rotatable bonds is 8. The van der Waals surface area contributed by atoms with Crippen molar-refractivity contribution in [2.45, 2.75) is 26.7 Å². The van der Waals surface area contributed by atoms with Crippen LogP contribution in [-0.2, 0) is 11.2 Å². The Morgan fingerprint density at radius 2 is 1.82 bits per heavy atom. The van der Waals surface area contributed by atoms with Gasteiger partial charge in [0.1, 0.15) is 5.82 Å². The second-order valence-electron chi connectivity index (χ2n) is 6.67. The van der Waals surface area contributed by atoms with Crippen molar-refractivity contribution in [3.05, 3.63) is 59.4 Å². The third-order valence-electron chi connectivity index (χ3n) is 4.00. The topological polar surface area (TPSA) is 76.7 Å². The van der Waals surface area contributed by atoms with E-state index in [1.165, 1.54) is 25.3 Å². The fourth-order valence-electron chi connectivity index (χ4n) is 2.39. The summed E-state index contributed by atoms with van der Waals surface area (Å²) in [7, 11) is 1.49. The standard InChI is InChI=1S/C21H25FN2O4/c1-14(2)10-11-28-18-9-8-16(12-19(18)27-3)21(26)24-23-20(25)13-15-6-4-5-7-17(15)22/h4-9,12,14H,10-11,13H2,1-3H3,(H,23,25)(H,24,26). The molecule has 0 saturated heterocycles. The first-order valence-electron chi connectivity index (χ1n) is 9.04. The molecular formula is C21H25FN2O4. The van der Waals surface area contributed by atoms with Crippen molar-refractivity contribution < 1.29 is 23.5 Å². The van der Waals surface area contributed by atoms with Crippen LogP contribution in [0.4, 0.5) is 4.39 Å². The maximum absolute atomic E-state index is 13.6. The Morgan fingerprint density at radius 3 is 2.50 bits per heavy atom. The van der Waals surface area contributed by atoms with Crippen LogP contribution >= 0.6 is 0 Å². The average molecular weight is 388 g/mol. The van der Waals surface area contributed by atoms with Crippen LogP contribution in [0.1, 0.15) is 36.2 Å². The maximum atomic E-state index is 13.6. The Hall–Kier alpha value is -3.09. The molecule has 0 atom stereocenters. The largest absolute Gasteiger partial charge is 0.493 e. The van der Waals surface area contributed by atoms with Crippen molar-refractivity contribution in [3.63, 3.8) is 0 Å². The summed E-state index contributed by atoms with van der Waals surface area (Å²) >= 11 is 0. The lowest BCUT2D eigenvalue weighted by atomic mass is 10.1. The summed E-state index contributed by atoms with van der Waals surface area (Å²) in [4.78, 5) is 24.2. The SMILES string of the molecule is COc1cc(C(=O)NNC(=O)Cc2ccccc2F)ccc1OCCC(C)C. The molecule has 2 aromatic carbocycles. The highest BCUT2D eigenvalue weighted by Crippen LogP contribution is 2.28. The Morgan fingerprint density at radius 1 is 1.07 bits per heavy atom. The molecule has 0 saturated carbocycles. The highest BCUT2D eigenvalue weighted by atomic mass is 19.1. The van der Waals surface area contributed by atoms with E-state index < -0.39 is 17.6 Å². The fraction of sp³-hybridized carbons (Fsp3) is 0.333. The molecule has 0 aliphatic carbocycles. The van der Waals surface area contributed by atoms with Crippen LogP contribution < -0.4 is 20.3 Å². The van der Waals surface area contributed by atoms with Gasteiger partial charge in [0.25, 0.3) is 5.91 Å². The quantitative estimate of drug-likeness (QED) is 0.681. The summed E-state index contributed by atoms with van der Waals surface area (Å²) in [6.45, 7) is 4.76. The van der Waals surface area contributed by atoms with E-state index in [0.717, 1.165) is 6.42 Å². The second-order valence-corrected chi connectivity index (χ2v) is 6.67. The normalized spacial score (nSPS) is 10.5. The molecule has 2 aromatic rings. The molecule has 0 aliphatic rings. The van der Waals surface area contributed by atoms with Crippen LogP contribution in [-0.4, -0.2) is 25.5 Å². The number of methoxy groups -OCH3 is 1. The Balaban J connectivity index is 1.92. The molecule has 0 aromatic heterocycles. The lowest BCUT2D eigenvalue weighted by Gasteiger charge is -2.13. The molecule has 6 nitrogen and oxygen atoms in total. The van der Waals surface area contributed by atoms with Gasteiger partial charge in [0.2, 0.25) is 5.91 Å². The number of halogens is 1. The van der Waals surface area contributed by atoms with Gasteiger partial charge in [-0.2, -0.15) is 0 Å². The van der Waals surface area contributed by atoms with E-state index in [0.29, 0.717) is 29.6 Å². The number of hydrogen-bond acceptors (Lipinski definition) is 4. The van der Waals surface area contributed by atoms with Crippen LogP contribution in [0.15, 0.2) is 42.5 Å². The third-order valence-corrected chi connectivity index (χ3v) is 4.00. The summed E-state index contributed by atoms with van der Waals surface area (Å²) < 4.78 is 24.5. The zero-order valence-corrected chi connectivity index (χ0v) is 16.3. The number of benzene rings is 2. The Bertz CT molecular complexity index is 824. The van der Waals surface area contributed by atoms with E-state index in [-0.39, 0.29) is 12.0 Å². The minimum atomic E-state index is -0.529. The first kappa shape index (κ1) is 21.2. The molecule has 0 radical (unpaired) electrons. The van der Waals surface area contributed by atoms with Gasteiger partial charge in [-0.25, -0.2) is 4.39 Å². The number of carbonyl (C=O) groups excluding carboxylic acids is 2. The van der Waals surface area contributed by atoms with E-state index in [4.69, 9.17) is 9.47 Å². The van der Waals surface area contributed by atoms with Crippen LogP contribution in [0, 0.1) is 11.7 Å². The van der Waals surface area contributed by atoms with E-state index in [2.05, 4.69) is 24.7 Å². The van der Waals surface area contributed by atoms with Crippen molar-refractivity contribution in [2.75, 3.05) is 13.7 Å². The minimum Gasteiger partial charge on any atom is -0.493 e. The van der Waals surface area contributed by atoms with E-state index in [1.54, 1.807) is 24.3 Å². The van der Waals surface area contributed by atoms with E-state index in [9.17, 15) is 14.0 Å². The molecule has 0 bridgehead atoms. The van der Waals surface area contributed by atoms with Crippen LogP contribution in [0.5, 0.6) is 11.5 Å². The van der Waals surface area contributed by atoms with Crippen LogP contribution in [0.2, 0.25) is 0 Å². The van der Waals surface area contributed by atoms with Crippen LogP contribution in [0.3, 0.4) is 0 Å². The predicted octanol–water partition coefficient (Wildman–Crippen LogP) is 3.26. The highest BCUT2D eigenvalue weighted by Gasteiger charge is 2.13. The molecule has 150 valence electrons. The third kappa shape index (κ3) is 6.26. The van der Waals surface area contributed by atoms with Gasteiger partial charge in [-0.1, -0.05) is 32.0 Å². The number of ether oxygens (including phenoxy) is 2. The van der Waals surface area contributed by atoms with Gasteiger partial charge in [0.15, 0.2) is 11.5 Å². The summed E-state index contributed by atoms with van der Waals surface area (Å²) in [5, 5.41) is 0. The van der Waals surface area contributed by atoms with Crippen molar-refractivity contribution in [2.24, 2.45) is 5.92 Å². The monoisotopic (exact) mass is 388 g/mol. The maximum Gasteiger partial charge on any atom is 0.269 e. The summed E-state index contributed by atoms with van der Waals surface area (Å²) in [5.41, 5.74) is 5.13. The molecule has 0 unspecified atom stereocenters. The Labute approximate surface area is 164 Å². The van der Waals surface area contributed by atoms with Gasteiger partial charge in [0, 0.05) is 5.56 Å². The first-order valence-corrected chi connectivity index (χ1v) is 9.04. The van der Waals surface area contributed by atoms with Crippen molar-refractivity contribution in [1.29, 1.82) is 0 Å². The predicted molar refractivity (Wildman–Crippen MR) is 104 cm³/mol. The number of carbonyl (C=O) groups is 2. The number of hydrazine groups is 1. The molecule has 2 amide bonds. The van der Waals surface area contributed by atoms with Crippen molar-refractivity contribution in [3.8, 4) is 11.5 Å². The minimum absolute atomic E-state index is 0.182. The number of amides is 2. The lowest BCUT2D eigenvalue weighted by molar-refractivity contribution is -0.121. The molecule has 2 rings (SSSR count). The average Bonchev–Trinajstić information content (AvgIpc) is 2.67. The second kappa shape index (κ2) is 10.3. The molecule has 0 heterocycles. The van der Waals surface area contributed by atoms with Gasteiger partial charge >= 0.3 is 0 Å². The lowest BCUT2D eigenvalue weighted by Crippen LogP contribution is -2.42. The molecule has 0 fully saturated rings. The van der Waals surface area contributed by atoms with E-state index >= 15 is 0 Å². The van der Waals surface area contributed by atoms with Crippen LogP contribution in [0.25, 0.3) is 0 Å². The highest BCUT2D eigenvalue weighted by molar-refractivity contribution is 5.96. The summed E-state index contributed by atoms with van der Waals surface area (Å²) in [6, 6.07) is 10.7. The molecule has 0 aliphatic heterocycles. The van der Waals surface area contributed by atoms with Crippen molar-refractivity contribution in [1.82, 2.24) is 10.9 Å². The number of nitrogens with one attached hydrogen (secondary N) is 2.